The molecule has 1 aromatic heterocycles. The van der Waals surface area contributed by atoms with Gasteiger partial charge in [-0.15, -0.1) is 0 Å². The van der Waals surface area contributed by atoms with Crippen molar-refractivity contribution < 1.29 is 13.7 Å². The van der Waals surface area contributed by atoms with Crippen LogP contribution in [0.1, 0.15) is 43.1 Å². The monoisotopic (exact) mass is 364 g/mol. The lowest BCUT2D eigenvalue weighted by Gasteiger charge is -2.42. The van der Waals surface area contributed by atoms with E-state index in [9.17, 15) is 18.9 Å². The second kappa shape index (κ2) is 7.49. The zero-order chi connectivity index (χ0) is 18.8. The van der Waals surface area contributed by atoms with Crippen LogP contribution in [-0.4, -0.2) is 38.6 Å². The third-order valence-corrected chi connectivity index (χ3v) is 5.29. The standard InChI is InChI=1S/C18H22F2N4O2/c1-12(14-6-4-3-5-7-14)22-9-8-15(10-16(22)18(19)20)23-13(2)17(11-21-23)24(25)26/h3-7,11-12,15-16,18H,8-10H2,1-2H3. The molecule has 1 saturated heterocycles. The summed E-state index contributed by atoms with van der Waals surface area (Å²) in [4.78, 5) is 12.4. The Hall–Kier alpha value is -2.35. The van der Waals surface area contributed by atoms with Gasteiger partial charge in [-0.3, -0.25) is 19.7 Å². The number of rotatable bonds is 5. The maximum absolute atomic E-state index is 13.8. The SMILES string of the molecule is Cc1c([N+](=O)[O-])cnn1C1CCN(C(C)c2ccccc2)C(C(F)F)C1. The van der Waals surface area contributed by atoms with Crippen LogP contribution < -0.4 is 0 Å². The molecule has 140 valence electrons. The van der Waals surface area contributed by atoms with Crippen molar-refractivity contribution in [1.29, 1.82) is 0 Å². The van der Waals surface area contributed by atoms with Gasteiger partial charge in [0, 0.05) is 12.6 Å². The van der Waals surface area contributed by atoms with Crippen LogP contribution in [0, 0.1) is 17.0 Å². The van der Waals surface area contributed by atoms with Gasteiger partial charge in [0.1, 0.15) is 11.9 Å². The van der Waals surface area contributed by atoms with E-state index in [1.807, 2.05) is 42.2 Å². The number of hydrogen-bond acceptors (Lipinski definition) is 4. The molecule has 1 aliphatic rings. The topological polar surface area (TPSA) is 64.2 Å². The maximum Gasteiger partial charge on any atom is 0.309 e. The number of alkyl halides is 2. The summed E-state index contributed by atoms with van der Waals surface area (Å²) < 4.78 is 29.1. The van der Waals surface area contributed by atoms with Gasteiger partial charge in [0.2, 0.25) is 0 Å². The molecule has 0 aliphatic carbocycles. The fourth-order valence-corrected chi connectivity index (χ4v) is 3.83. The van der Waals surface area contributed by atoms with Crippen molar-refractivity contribution in [2.24, 2.45) is 0 Å². The highest BCUT2D eigenvalue weighted by Gasteiger charge is 2.39. The molecule has 2 heterocycles. The molecule has 0 amide bonds. The van der Waals surface area contributed by atoms with Crippen LogP contribution in [0.2, 0.25) is 0 Å². The highest BCUT2D eigenvalue weighted by atomic mass is 19.3. The molecule has 1 fully saturated rings. The van der Waals surface area contributed by atoms with E-state index in [4.69, 9.17) is 0 Å². The maximum atomic E-state index is 13.8. The normalized spacial score (nSPS) is 22.5. The first-order valence-corrected chi connectivity index (χ1v) is 8.67. The summed E-state index contributed by atoms with van der Waals surface area (Å²) in [5.41, 5.74) is 1.35. The Morgan fingerprint density at radius 1 is 1.31 bits per heavy atom. The molecule has 26 heavy (non-hydrogen) atoms. The van der Waals surface area contributed by atoms with E-state index in [2.05, 4.69) is 5.10 Å². The quantitative estimate of drug-likeness (QED) is 0.591. The number of halogens is 2. The molecule has 6 nitrogen and oxygen atoms in total. The molecular weight excluding hydrogens is 342 g/mol. The molecule has 0 radical (unpaired) electrons. The average molecular weight is 364 g/mol. The Morgan fingerprint density at radius 2 is 2.00 bits per heavy atom. The average Bonchev–Trinajstić information content (AvgIpc) is 3.03. The van der Waals surface area contributed by atoms with Crippen LogP contribution in [-0.2, 0) is 0 Å². The molecule has 8 heteroatoms. The Balaban J connectivity index is 1.81. The lowest BCUT2D eigenvalue weighted by atomic mass is 9.93. The van der Waals surface area contributed by atoms with Gasteiger partial charge >= 0.3 is 5.69 Å². The van der Waals surface area contributed by atoms with Gasteiger partial charge in [0.15, 0.2) is 0 Å². The van der Waals surface area contributed by atoms with Gasteiger partial charge in [0.05, 0.1) is 17.0 Å². The Kier molecular flexibility index (Phi) is 5.31. The first kappa shape index (κ1) is 18.4. The lowest BCUT2D eigenvalue weighted by molar-refractivity contribution is -0.385. The number of nitrogens with zero attached hydrogens (tertiary/aromatic N) is 4. The van der Waals surface area contributed by atoms with Gasteiger partial charge < -0.3 is 0 Å². The van der Waals surface area contributed by atoms with Crippen molar-refractivity contribution >= 4 is 5.69 Å². The summed E-state index contributed by atoms with van der Waals surface area (Å²) in [7, 11) is 0. The molecule has 0 bridgehead atoms. The highest BCUT2D eigenvalue weighted by Crippen LogP contribution is 2.36. The number of aromatic nitrogens is 2. The van der Waals surface area contributed by atoms with Crippen LogP contribution in [0.4, 0.5) is 14.5 Å². The zero-order valence-electron chi connectivity index (χ0n) is 14.8. The van der Waals surface area contributed by atoms with Crippen LogP contribution in [0.15, 0.2) is 36.5 Å². The largest absolute Gasteiger partial charge is 0.309 e. The number of nitro groups is 1. The third kappa shape index (κ3) is 3.46. The van der Waals surface area contributed by atoms with Gasteiger partial charge in [0.25, 0.3) is 6.43 Å². The number of benzene rings is 1. The second-order valence-corrected chi connectivity index (χ2v) is 6.72. The van der Waals surface area contributed by atoms with Crippen LogP contribution in [0.5, 0.6) is 0 Å². The predicted molar refractivity (Wildman–Crippen MR) is 93.2 cm³/mol. The predicted octanol–water partition coefficient (Wildman–Crippen LogP) is 4.13. The van der Waals surface area contributed by atoms with E-state index in [0.717, 1.165) is 5.56 Å². The molecule has 1 aromatic carbocycles. The minimum atomic E-state index is -2.49. The first-order valence-electron chi connectivity index (χ1n) is 8.67. The van der Waals surface area contributed by atoms with Gasteiger partial charge in [-0.1, -0.05) is 30.3 Å². The molecular formula is C18H22F2N4O2. The summed E-state index contributed by atoms with van der Waals surface area (Å²) in [5, 5.41) is 15.1. The molecule has 3 unspecified atom stereocenters. The van der Waals surface area contributed by atoms with Gasteiger partial charge in [-0.25, -0.2) is 8.78 Å². The Bertz CT molecular complexity index is 766. The minimum Gasteiger partial charge on any atom is -0.288 e. The van der Waals surface area contributed by atoms with Crippen molar-refractivity contribution in [3.63, 3.8) is 0 Å². The van der Waals surface area contributed by atoms with E-state index in [1.54, 1.807) is 6.92 Å². The Labute approximate surface area is 150 Å². The zero-order valence-corrected chi connectivity index (χ0v) is 14.8. The Morgan fingerprint density at radius 3 is 2.58 bits per heavy atom. The molecule has 3 rings (SSSR count). The van der Waals surface area contributed by atoms with Gasteiger partial charge in [-0.2, -0.15) is 5.10 Å². The van der Waals surface area contributed by atoms with Crippen LogP contribution in [0.25, 0.3) is 0 Å². The molecule has 0 saturated carbocycles. The number of likely N-dealkylation sites (tertiary alicyclic amines) is 1. The van der Waals surface area contributed by atoms with E-state index in [0.29, 0.717) is 18.7 Å². The summed E-state index contributed by atoms with van der Waals surface area (Å²) in [6.07, 6.45) is -0.449. The van der Waals surface area contributed by atoms with Crippen LogP contribution in [0.3, 0.4) is 0 Å². The fraction of sp³-hybridized carbons (Fsp3) is 0.500. The number of hydrogen-bond donors (Lipinski definition) is 0. The van der Waals surface area contributed by atoms with E-state index < -0.39 is 17.4 Å². The van der Waals surface area contributed by atoms with Crippen molar-refractivity contribution in [2.45, 2.75) is 51.2 Å². The molecule has 1 aliphatic heterocycles. The van der Waals surface area contributed by atoms with Crippen molar-refractivity contribution in [1.82, 2.24) is 14.7 Å². The van der Waals surface area contributed by atoms with Crippen molar-refractivity contribution in [2.75, 3.05) is 6.54 Å². The third-order valence-electron chi connectivity index (χ3n) is 5.29. The summed E-state index contributed by atoms with van der Waals surface area (Å²) in [6, 6.07) is 8.31. The molecule has 2 aromatic rings. The van der Waals surface area contributed by atoms with E-state index in [1.165, 1.54) is 10.9 Å². The number of piperidine rings is 1. The van der Waals surface area contributed by atoms with E-state index in [-0.39, 0.29) is 24.2 Å². The molecule has 0 spiro atoms. The van der Waals surface area contributed by atoms with Gasteiger partial charge in [-0.05, 0) is 32.3 Å². The summed E-state index contributed by atoms with van der Waals surface area (Å²) >= 11 is 0. The summed E-state index contributed by atoms with van der Waals surface area (Å²) in [6.45, 7) is 4.04. The minimum absolute atomic E-state index is 0.0707. The van der Waals surface area contributed by atoms with Crippen molar-refractivity contribution in [3.05, 3.63) is 57.9 Å². The fourth-order valence-electron chi connectivity index (χ4n) is 3.83. The van der Waals surface area contributed by atoms with Crippen molar-refractivity contribution in [3.8, 4) is 0 Å². The van der Waals surface area contributed by atoms with E-state index >= 15 is 0 Å². The first-order chi connectivity index (χ1) is 12.4. The lowest BCUT2D eigenvalue weighted by Crippen LogP contribution is -2.48. The smallest absolute Gasteiger partial charge is 0.288 e. The molecule has 3 atom stereocenters. The second-order valence-electron chi connectivity index (χ2n) is 6.72. The molecule has 0 N–H and O–H groups in total. The summed E-state index contributed by atoms with van der Waals surface area (Å²) in [5.74, 6) is 0. The highest BCUT2D eigenvalue weighted by molar-refractivity contribution is 5.32. The van der Waals surface area contributed by atoms with Crippen LogP contribution >= 0.6 is 0 Å².